The van der Waals surface area contributed by atoms with Crippen LogP contribution in [0.3, 0.4) is 0 Å². The Labute approximate surface area is 220 Å². The molecule has 37 heavy (non-hydrogen) atoms. The number of hydrogen-bond acceptors (Lipinski definition) is 4. The predicted octanol–water partition coefficient (Wildman–Crippen LogP) is 7.87. The van der Waals surface area contributed by atoms with E-state index in [1.54, 1.807) is 48.5 Å². The molecule has 0 fully saturated rings. The quantitative estimate of drug-likeness (QED) is 0.218. The second-order valence-corrected chi connectivity index (χ2v) is 10.7. The maximum absolute atomic E-state index is 9.48. The van der Waals surface area contributed by atoms with E-state index < -0.39 is 0 Å². The first-order valence-corrected chi connectivity index (χ1v) is 12.6. The van der Waals surface area contributed by atoms with Gasteiger partial charge in [-0.2, -0.15) is 0 Å². The highest BCUT2D eigenvalue weighted by atomic mass is 16.3. The highest BCUT2D eigenvalue weighted by Gasteiger charge is 2.30. The summed E-state index contributed by atoms with van der Waals surface area (Å²) in [6, 6.07) is 29.3. The molecule has 0 aliphatic rings. The Morgan fingerprint density at radius 2 is 0.703 bits per heavy atom. The van der Waals surface area contributed by atoms with Crippen LogP contribution in [0.1, 0.15) is 63.3 Å². The molecule has 0 aromatic heterocycles. The molecule has 4 nitrogen and oxygen atoms in total. The van der Waals surface area contributed by atoms with E-state index in [1.807, 2.05) is 48.5 Å². The highest BCUT2D eigenvalue weighted by Crippen LogP contribution is 2.39. The summed E-state index contributed by atoms with van der Waals surface area (Å²) in [6.07, 6.45) is 1.00. The fraction of sp³-hybridized carbons (Fsp3) is 0.273. The van der Waals surface area contributed by atoms with E-state index in [-0.39, 0.29) is 33.8 Å². The Kier molecular flexibility index (Phi) is 8.54. The second kappa shape index (κ2) is 11.4. The first-order chi connectivity index (χ1) is 17.4. The summed E-state index contributed by atoms with van der Waals surface area (Å²) in [6.45, 7) is 10.9. The molecule has 4 aromatic rings. The van der Waals surface area contributed by atoms with Gasteiger partial charge in [-0.15, -0.1) is 0 Å². The number of aromatic hydroxyl groups is 4. The lowest BCUT2D eigenvalue weighted by molar-refractivity contribution is 0.424. The summed E-state index contributed by atoms with van der Waals surface area (Å²) in [7, 11) is 0. The number of phenolic OH excluding ortho intramolecular Hbond substituents is 4. The highest BCUT2D eigenvalue weighted by molar-refractivity contribution is 5.43. The minimum absolute atomic E-state index is 0.129. The molecule has 0 heterocycles. The zero-order valence-corrected chi connectivity index (χ0v) is 22.3. The Bertz CT molecular complexity index is 1160. The molecule has 0 amide bonds. The van der Waals surface area contributed by atoms with Crippen molar-refractivity contribution >= 4 is 0 Å². The molecule has 0 atom stereocenters. The van der Waals surface area contributed by atoms with Crippen molar-refractivity contribution in [2.45, 2.75) is 51.9 Å². The third kappa shape index (κ3) is 6.85. The molecule has 0 spiro atoms. The molecule has 4 rings (SSSR count). The Morgan fingerprint density at radius 1 is 0.459 bits per heavy atom. The molecule has 0 aliphatic heterocycles. The van der Waals surface area contributed by atoms with Gasteiger partial charge in [-0.3, -0.25) is 0 Å². The van der Waals surface area contributed by atoms with Crippen molar-refractivity contribution in [3.63, 3.8) is 0 Å². The van der Waals surface area contributed by atoms with E-state index in [1.165, 1.54) is 11.1 Å². The summed E-state index contributed by atoms with van der Waals surface area (Å²) < 4.78 is 0. The molecule has 0 unspecified atom stereocenters. The van der Waals surface area contributed by atoms with E-state index >= 15 is 0 Å². The van der Waals surface area contributed by atoms with Gasteiger partial charge in [0.1, 0.15) is 23.0 Å². The summed E-state index contributed by atoms with van der Waals surface area (Å²) >= 11 is 0. The van der Waals surface area contributed by atoms with Crippen LogP contribution in [0.25, 0.3) is 0 Å². The van der Waals surface area contributed by atoms with Crippen molar-refractivity contribution < 1.29 is 20.4 Å². The molecular formula is C33H38O4. The lowest BCUT2D eigenvalue weighted by atomic mass is 9.71. The average molecular weight is 499 g/mol. The van der Waals surface area contributed by atoms with Gasteiger partial charge in [-0.05, 0) is 83.1 Å². The number of benzene rings is 4. The third-order valence-electron chi connectivity index (χ3n) is 7.00. The standard InChI is InChI=1S/C18H22O2.C15H16O2/c1-13(2)12-18(3,14-4-8-16(19)9-5-14)15-6-10-17(20)11-7-15;1-15(2,11-3-7-13(16)8-4-11)12-5-9-14(17)10-6-12/h4-11,13,19-20H,12H2,1-3H3;3-10,16-17H,1-2H3. The molecule has 4 heteroatoms. The number of rotatable bonds is 6. The molecule has 0 aliphatic carbocycles. The van der Waals surface area contributed by atoms with Gasteiger partial charge >= 0.3 is 0 Å². The minimum Gasteiger partial charge on any atom is -0.508 e. The first kappa shape index (κ1) is 27.7. The molecule has 0 radical (unpaired) electrons. The first-order valence-electron chi connectivity index (χ1n) is 12.6. The van der Waals surface area contributed by atoms with Gasteiger partial charge in [-0.25, -0.2) is 0 Å². The van der Waals surface area contributed by atoms with Crippen LogP contribution in [0.15, 0.2) is 97.1 Å². The Balaban J connectivity index is 0.000000208. The maximum atomic E-state index is 9.48. The van der Waals surface area contributed by atoms with Crippen molar-refractivity contribution in [1.29, 1.82) is 0 Å². The largest absolute Gasteiger partial charge is 0.508 e. The zero-order chi connectivity index (χ0) is 27.2. The van der Waals surface area contributed by atoms with Crippen LogP contribution in [0.5, 0.6) is 23.0 Å². The van der Waals surface area contributed by atoms with Crippen LogP contribution in [0, 0.1) is 5.92 Å². The van der Waals surface area contributed by atoms with Gasteiger partial charge in [0, 0.05) is 10.8 Å². The monoisotopic (exact) mass is 498 g/mol. The van der Waals surface area contributed by atoms with Crippen LogP contribution in [0.4, 0.5) is 0 Å². The van der Waals surface area contributed by atoms with Gasteiger partial charge in [0.25, 0.3) is 0 Å². The van der Waals surface area contributed by atoms with E-state index in [2.05, 4.69) is 34.6 Å². The van der Waals surface area contributed by atoms with Crippen molar-refractivity contribution in [2.75, 3.05) is 0 Å². The zero-order valence-electron chi connectivity index (χ0n) is 22.3. The van der Waals surface area contributed by atoms with Gasteiger partial charge < -0.3 is 20.4 Å². The molecule has 194 valence electrons. The molecule has 4 N–H and O–H groups in total. The topological polar surface area (TPSA) is 80.9 Å². The van der Waals surface area contributed by atoms with Crippen LogP contribution < -0.4 is 0 Å². The van der Waals surface area contributed by atoms with Crippen molar-refractivity contribution in [3.05, 3.63) is 119 Å². The van der Waals surface area contributed by atoms with E-state index in [9.17, 15) is 20.4 Å². The van der Waals surface area contributed by atoms with Crippen molar-refractivity contribution in [3.8, 4) is 23.0 Å². The summed E-state index contributed by atoms with van der Waals surface area (Å²) in [5, 5.41) is 37.5. The van der Waals surface area contributed by atoms with Gasteiger partial charge in [0.15, 0.2) is 0 Å². The Hall–Kier alpha value is -3.92. The van der Waals surface area contributed by atoms with E-state index in [0.717, 1.165) is 17.5 Å². The van der Waals surface area contributed by atoms with E-state index in [4.69, 9.17) is 0 Å². The summed E-state index contributed by atoms with van der Waals surface area (Å²) in [4.78, 5) is 0. The fourth-order valence-corrected chi connectivity index (χ4v) is 4.80. The SMILES string of the molecule is CC(C)(c1ccc(O)cc1)c1ccc(O)cc1.CC(C)CC(C)(c1ccc(O)cc1)c1ccc(O)cc1. The van der Waals surface area contributed by atoms with Gasteiger partial charge in [0.05, 0.1) is 0 Å². The fourth-order valence-electron chi connectivity index (χ4n) is 4.80. The molecule has 4 aromatic carbocycles. The summed E-state index contributed by atoms with van der Waals surface area (Å²) in [5.74, 6) is 1.66. The number of phenols is 4. The number of hydrogen-bond donors (Lipinski definition) is 4. The van der Waals surface area contributed by atoms with Crippen LogP contribution in [-0.2, 0) is 10.8 Å². The van der Waals surface area contributed by atoms with Crippen LogP contribution in [-0.4, -0.2) is 20.4 Å². The minimum atomic E-state index is -0.151. The average Bonchev–Trinajstić information content (AvgIpc) is 2.85. The van der Waals surface area contributed by atoms with E-state index in [0.29, 0.717) is 5.92 Å². The lowest BCUT2D eigenvalue weighted by Crippen LogP contribution is -2.25. The predicted molar refractivity (Wildman–Crippen MR) is 150 cm³/mol. The van der Waals surface area contributed by atoms with Gasteiger partial charge in [0.2, 0.25) is 0 Å². The molecule has 0 saturated carbocycles. The van der Waals surface area contributed by atoms with Crippen LogP contribution >= 0.6 is 0 Å². The molecular weight excluding hydrogens is 460 g/mol. The third-order valence-corrected chi connectivity index (χ3v) is 7.00. The van der Waals surface area contributed by atoms with Crippen molar-refractivity contribution in [2.24, 2.45) is 5.92 Å². The maximum Gasteiger partial charge on any atom is 0.115 e. The smallest absolute Gasteiger partial charge is 0.115 e. The van der Waals surface area contributed by atoms with Gasteiger partial charge in [-0.1, -0.05) is 83.1 Å². The Morgan fingerprint density at radius 3 is 0.946 bits per heavy atom. The van der Waals surface area contributed by atoms with Crippen LogP contribution in [0.2, 0.25) is 0 Å². The normalized spacial score (nSPS) is 11.6. The van der Waals surface area contributed by atoms with Crippen molar-refractivity contribution in [1.82, 2.24) is 0 Å². The summed E-state index contributed by atoms with van der Waals surface area (Å²) in [5.41, 5.74) is 4.32. The molecule has 0 bridgehead atoms. The molecule has 0 saturated heterocycles. The lowest BCUT2D eigenvalue weighted by Gasteiger charge is -2.33. The second-order valence-electron chi connectivity index (χ2n) is 10.7.